The lowest BCUT2D eigenvalue weighted by molar-refractivity contribution is -0.129. The first-order valence-electron chi connectivity index (χ1n) is 9.49. The molecule has 0 bridgehead atoms. The minimum Gasteiger partial charge on any atom is -0.346 e. The molecule has 1 aliphatic heterocycles. The lowest BCUT2D eigenvalue weighted by Crippen LogP contribution is -2.36. The molecule has 0 spiro atoms. The van der Waals surface area contributed by atoms with Crippen molar-refractivity contribution in [3.05, 3.63) is 30.1 Å². The number of carbonyl (C=O) groups excluding carboxylic acids is 2. The number of hydrogen-bond acceptors (Lipinski definition) is 4. The predicted molar refractivity (Wildman–Crippen MR) is 110 cm³/mol. The monoisotopic (exact) mass is 388 g/mol. The number of fused-ring (bicyclic) bond motifs is 1. The van der Waals surface area contributed by atoms with Gasteiger partial charge in [-0.1, -0.05) is 26.0 Å². The lowest BCUT2D eigenvalue weighted by Gasteiger charge is -2.20. The molecule has 7 heteroatoms. The number of benzene rings is 1. The van der Waals surface area contributed by atoms with Gasteiger partial charge < -0.3 is 15.2 Å². The van der Waals surface area contributed by atoms with E-state index in [1.165, 1.54) is 0 Å². The maximum absolute atomic E-state index is 12.8. The summed E-state index contributed by atoms with van der Waals surface area (Å²) in [6.45, 7) is 5.39. The average molecular weight is 389 g/mol. The van der Waals surface area contributed by atoms with Crippen LogP contribution in [0.3, 0.4) is 0 Å². The van der Waals surface area contributed by atoms with Crippen molar-refractivity contribution in [2.24, 2.45) is 11.8 Å². The molecule has 27 heavy (non-hydrogen) atoms. The van der Waals surface area contributed by atoms with Crippen LogP contribution in [-0.4, -0.2) is 51.8 Å². The Labute approximate surface area is 164 Å². The van der Waals surface area contributed by atoms with Crippen LogP contribution in [0.1, 0.15) is 38.6 Å². The number of likely N-dealkylation sites (tertiary alicyclic amines) is 1. The normalized spacial score (nSPS) is 18.4. The van der Waals surface area contributed by atoms with Gasteiger partial charge in [0.25, 0.3) is 0 Å². The highest BCUT2D eigenvalue weighted by Crippen LogP contribution is 2.23. The number of rotatable bonds is 8. The van der Waals surface area contributed by atoms with E-state index < -0.39 is 0 Å². The largest absolute Gasteiger partial charge is 0.346 e. The van der Waals surface area contributed by atoms with Crippen molar-refractivity contribution in [2.45, 2.75) is 32.7 Å². The molecule has 0 saturated carbocycles. The Morgan fingerprint density at radius 2 is 2.19 bits per heavy atom. The van der Waals surface area contributed by atoms with Crippen LogP contribution >= 0.6 is 11.8 Å². The molecular weight excluding hydrogens is 360 g/mol. The van der Waals surface area contributed by atoms with Crippen LogP contribution in [0, 0.1) is 11.8 Å². The zero-order valence-corrected chi connectivity index (χ0v) is 17.0. The first kappa shape index (κ1) is 19.7. The molecule has 0 aliphatic carbocycles. The van der Waals surface area contributed by atoms with Crippen LogP contribution in [0.25, 0.3) is 11.0 Å². The van der Waals surface area contributed by atoms with Crippen molar-refractivity contribution in [1.82, 2.24) is 20.2 Å². The number of para-hydroxylation sites is 2. The zero-order valence-electron chi connectivity index (χ0n) is 16.2. The van der Waals surface area contributed by atoms with Crippen LogP contribution in [0.15, 0.2) is 24.3 Å². The topological polar surface area (TPSA) is 78.1 Å². The summed E-state index contributed by atoms with van der Waals surface area (Å²) >= 11 is 1.74. The molecule has 1 aromatic carbocycles. The summed E-state index contributed by atoms with van der Waals surface area (Å²) in [5.41, 5.74) is 1.87. The lowest BCUT2D eigenvalue weighted by atomic mass is 10.1. The summed E-state index contributed by atoms with van der Waals surface area (Å²) in [6.07, 6.45) is 3.15. The highest BCUT2D eigenvalue weighted by Gasteiger charge is 2.35. The van der Waals surface area contributed by atoms with Crippen molar-refractivity contribution in [2.75, 3.05) is 25.1 Å². The molecule has 3 rings (SSSR count). The minimum absolute atomic E-state index is 0.0545. The number of hydrogen-bond donors (Lipinski definition) is 2. The second-order valence-corrected chi connectivity index (χ2v) is 8.56. The Balaban J connectivity index is 1.70. The first-order valence-corrected chi connectivity index (χ1v) is 10.9. The summed E-state index contributed by atoms with van der Waals surface area (Å²) in [6, 6.07) is 7.69. The molecule has 146 valence electrons. The maximum atomic E-state index is 12.8. The highest BCUT2D eigenvalue weighted by molar-refractivity contribution is 7.98. The zero-order chi connectivity index (χ0) is 19.4. The quantitative estimate of drug-likeness (QED) is 0.729. The maximum Gasteiger partial charge on any atom is 0.226 e. The van der Waals surface area contributed by atoms with E-state index in [1.807, 2.05) is 29.2 Å². The third-order valence-electron chi connectivity index (χ3n) is 4.84. The number of imidazole rings is 1. The first-order chi connectivity index (χ1) is 13.0. The molecule has 6 nitrogen and oxygen atoms in total. The fourth-order valence-corrected chi connectivity index (χ4v) is 3.98. The van der Waals surface area contributed by atoms with E-state index >= 15 is 0 Å². The van der Waals surface area contributed by atoms with E-state index in [1.54, 1.807) is 11.8 Å². The van der Waals surface area contributed by atoms with Gasteiger partial charge in [-0.05, 0) is 36.5 Å². The molecule has 2 atom stereocenters. The molecule has 0 radical (unpaired) electrons. The van der Waals surface area contributed by atoms with Gasteiger partial charge in [-0.3, -0.25) is 9.59 Å². The third-order valence-corrected chi connectivity index (χ3v) is 5.48. The van der Waals surface area contributed by atoms with Crippen molar-refractivity contribution < 1.29 is 9.59 Å². The van der Waals surface area contributed by atoms with Crippen molar-refractivity contribution >= 4 is 34.6 Å². The molecule has 2 unspecified atom stereocenters. The van der Waals surface area contributed by atoms with Gasteiger partial charge in [-0.25, -0.2) is 4.98 Å². The molecule has 2 amide bonds. The summed E-state index contributed by atoms with van der Waals surface area (Å²) in [4.78, 5) is 34.8. The Morgan fingerprint density at radius 3 is 2.89 bits per heavy atom. The van der Waals surface area contributed by atoms with E-state index in [0.717, 1.165) is 29.0 Å². The van der Waals surface area contributed by atoms with Crippen LogP contribution < -0.4 is 5.32 Å². The highest BCUT2D eigenvalue weighted by atomic mass is 32.2. The van der Waals surface area contributed by atoms with Crippen LogP contribution in [0.4, 0.5) is 0 Å². The van der Waals surface area contributed by atoms with E-state index in [0.29, 0.717) is 25.4 Å². The molecule has 1 aromatic heterocycles. The van der Waals surface area contributed by atoms with Gasteiger partial charge >= 0.3 is 0 Å². The molecular formula is C20H28N4O2S. The second kappa shape index (κ2) is 8.78. The minimum atomic E-state index is -0.280. The molecule has 2 N–H and O–H groups in total. The van der Waals surface area contributed by atoms with E-state index in [4.69, 9.17) is 0 Å². The van der Waals surface area contributed by atoms with Gasteiger partial charge in [0.15, 0.2) is 0 Å². The van der Waals surface area contributed by atoms with E-state index in [9.17, 15) is 9.59 Å². The SMILES string of the molecule is CSCCC(NC(=O)C1CC(=O)N(CC(C)C)C1)c1nc2ccccc2[nH]1. The molecule has 1 fully saturated rings. The molecule has 2 heterocycles. The van der Waals surface area contributed by atoms with Crippen LogP contribution in [0.2, 0.25) is 0 Å². The van der Waals surface area contributed by atoms with Gasteiger partial charge in [-0.15, -0.1) is 0 Å². The van der Waals surface area contributed by atoms with Crippen molar-refractivity contribution in [3.63, 3.8) is 0 Å². The fraction of sp³-hybridized carbons (Fsp3) is 0.550. The third kappa shape index (κ3) is 4.83. The standard InChI is InChI=1S/C20H28N4O2S/c1-13(2)11-24-12-14(10-18(24)25)20(26)23-17(8-9-27-3)19-21-15-6-4-5-7-16(15)22-19/h4-7,13-14,17H,8-12H2,1-3H3,(H,21,22)(H,23,26). The number of H-pyrrole nitrogens is 1. The number of carbonyl (C=O) groups is 2. The van der Waals surface area contributed by atoms with Gasteiger partial charge in [0, 0.05) is 19.5 Å². The summed E-state index contributed by atoms with van der Waals surface area (Å²) in [7, 11) is 0. The number of nitrogens with zero attached hydrogens (tertiary/aromatic N) is 2. The molecule has 2 aromatic rings. The molecule has 1 saturated heterocycles. The average Bonchev–Trinajstić information content (AvgIpc) is 3.22. The Hall–Kier alpha value is -2.02. The summed E-state index contributed by atoms with van der Waals surface area (Å²) in [5.74, 6) is 1.85. The fourth-order valence-electron chi connectivity index (χ4n) is 3.51. The van der Waals surface area contributed by atoms with Crippen molar-refractivity contribution in [3.8, 4) is 0 Å². The van der Waals surface area contributed by atoms with Crippen LogP contribution in [-0.2, 0) is 9.59 Å². The number of amides is 2. The second-order valence-electron chi connectivity index (χ2n) is 7.58. The van der Waals surface area contributed by atoms with Gasteiger partial charge in [0.2, 0.25) is 11.8 Å². The number of aromatic nitrogens is 2. The number of thioether (sulfide) groups is 1. The Kier molecular flexibility index (Phi) is 6.42. The Morgan fingerprint density at radius 1 is 1.41 bits per heavy atom. The van der Waals surface area contributed by atoms with Gasteiger partial charge in [0.05, 0.1) is 23.0 Å². The number of nitrogens with one attached hydrogen (secondary N) is 2. The summed E-state index contributed by atoms with van der Waals surface area (Å²) in [5, 5.41) is 3.14. The van der Waals surface area contributed by atoms with Gasteiger partial charge in [-0.2, -0.15) is 11.8 Å². The molecule has 1 aliphatic rings. The Bertz CT molecular complexity index is 771. The van der Waals surface area contributed by atoms with E-state index in [-0.39, 0.29) is 23.8 Å². The van der Waals surface area contributed by atoms with Crippen LogP contribution in [0.5, 0.6) is 0 Å². The predicted octanol–water partition coefficient (Wildman–Crippen LogP) is 2.98. The van der Waals surface area contributed by atoms with Gasteiger partial charge in [0.1, 0.15) is 5.82 Å². The smallest absolute Gasteiger partial charge is 0.226 e. The summed E-state index contributed by atoms with van der Waals surface area (Å²) < 4.78 is 0. The van der Waals surface area contributed by atoms with E-state index in [2.05, 4.69) is 35.4 Å². The number of aromatic amines is 1. The van der Waals surface area contributed by atoms with Crippen molar-refractivity contribution in [1.29, 1.82) is 0 Å².